The Kier molecular flexibility index (Phi) is 3.91. The van der Waals surface area contributed by atoms with E-state index in [0.717, 1.165) is 10.8 Å². The van der Waals surface area contributed by atoms with Crippen LogP contribution in [0.4, 0.5) is 0 Å². The van der Waals surface area contributed by atoms with Crippen LogP contribution in [0.3, 0.4) is 0 Å². The van der Waals surface area contributed by atoms with Crippen molar-refractivity contribution in [3.05, 3.63) is 92.6 Å². The fourth-order valence-corrected chi connectivity index (χ4v) is 2.68. The van der Waals surface area contributed by atoms with Crippen LogP contribution >= 0.6 is 0 Å². The number of para-hydroxylation sites is 2. The van der Waals surface area contributed by atoms with Crippen molar-refractivity contribution < 1.29 is 13.6 Å². The largest absolute Gasteiger partial charge is 0.422 e. The Morgan fingerprint density at radius 1 is 0.680 bits per heavy atom. The highest BCUT2D eigenvalue weighted by molar-refractivity contribution is 5.77. The molecule has 0 unspecified atom stereocenters. The third-order valence-electron chi connectivity index (χ3n) is 3.94. The number of rotatable bonds is 4. The summed E-state index contributed by atoms with van der Waals surface area (Å²) < 4.78 is 16.1. The van der Waals surface area contributed by atoms with Crippen molar-refractivity contribution in [3.8, 4) is 0 Å². The van der Waals surface area contributed by atoms with Crippen molar-refractivity contribution in [3.63, 3.8) is 0 Å². The highest BCUT2D eigenvalue weighted by Crippen LogP contribution is 2.15. The lowest BCUT2D eigenvalue weighted by molar-refractivity contribution is 0.103. The van der Waals surface area contributed by atoms with Crippen molar-refractivity contribution in [1.82, 2.24) is 0 Å². The lowest BCUT2D eigenvalue weighted by Crippen LogP contribution is -2.12. The molecule has 2 aromatic heterocycles. The molecule has 0 aliphatic carbocycles. The summed E-state index contributed by atoms with van der Waals surface area (Å²) in [6.45, 7) is 0.110. The Morgan fingerprint density at radius 3 is 1.60 bits per heavy atom. The van der Waals surface area contributed by atoms with E-state index in [0.29, 0.717) is 22.3 Å². The molecule has 0 atom stereocenters. The van der Waals surface area contributed by atoms with E-state index in [1.54, 1.807) is 36.4 Å². The van der Waals surface area contributed by atoms with Crippen LogP contribution in [0.1, 0.15) is 11.1 Å². The first-order chi connectivity index (χ1) is 12.2. The van der Waals surface area contributed by atoms with Gasteiger partial charge in [0.2, 0.25) is 0 Å². The maximum absolute atomic E-state index is 12.0. The first kappa shape index (κ1) is 15.4. The smallest absolute Gasteiger partial charge is 0.341 e. The lowest BCUT2D eigenvalue weighted by atomic mass is 10.2. The minimum absolute atomic E-state index is 0.0550. The Hall–Kier alpha value is -3.18. The minimum Gasteiger partial charge on any atom is -0.422 e. The molecule has 0 fully saturated rings. The summed E-state index contributed by atoms with van der Waals surface area (Å²) in [5.41, 5.74) is 0.999. The maximum atomic E-state index is 12.0. The molecule has 0 N–H and O–H groups in total. The van der Waals surface area contributed by atoms with Crippen molar-refractivity contribution in [2.24, 2.45) is 0 Å². The number of ether oxygens (including phenoxy) is 1. The quantitative estimate of drug-likeness (QED) is 0.533. The highest BCUT2D eigenvalue weighted by atomic mass is 16.5. The van der Waals surface area contributed by atoms with E-state index in [1.165, 1.54) is 0 Å². The third-order valence-corrected chi connectivity index (χ3v) is 3.94. The van der Waals surface area contributed by atoms with Gasteiger partial charge in [-0.15, -0.1) is 0 Å². The lowest BCUT2D eigenvalue weighted by Gasteiger charge is -2.05. The van der Waals surface area contributed by atoms with Gasteiger partial charge in [-0.2, -0.15) is 0 Å². The molecule has 0 saturated carbocycles. The van der Waals surface area contributed by atoms with Crippen molar-refractivity contribution in [1.29, 1.82) is 0 Å². The summed E-state index contributed by atoms with van der Waals surface area (Å²) in [4.78, 5) is 24.0. The molecule has 4 rings (SSSR count). The van der Waals surface area contributed by atoms with Crippen molar-refractivity contribution >= 4 is 21.9 Å². The third kappa shape index (κ3) is 3.09. The van der Waals surface area contributed by atoms with Gasteiger partial charge < -0.3 is 13.6 Å². The zero-order valence-electron chi connectivity index (χ0n) is 13.2. The second-order valence-electron chi connectivity index (χ2n) is 5.69. The van der Waals surface area contributed by atoms with Gasteiger partial charge in [-0.3, -0.25) is 0 Å². The number of hydrogen-bond donors (Lipinski definition) is 0. The van der Waals surface area contributed by atoms with E-state index < -0.39 is 11.3 Å². The van der Waals surface area contributed by atoms with Gasteiger partial charge in [0.15, 0.2) is 0 Å². The molecule has 0 amide bonds. The van der Waals surface area contributed by atoms with Crippen LogP contribution in [0, 0.1) is 0 Å². The Balaban J connectivity index is 1.55. The van der Waals surface area contributed by atoms with Crippen LogP contribution < -0.4 is 11.3 Å². The normalized spacial score (nSPS) is 11.2. The Bertz CT molecular complexity index is 1080. The van der Waals surface area contributed by atoms with Gasteiger partial charge in [0.25, 0.3) is 0 Å². The molecule has 4 aromatic rings. The van der Waals surface area contributed by atoms with Gasteiger partial charge >= 0.3 is 11.3 Å². The minimum atomic E-state index is -0.441. The summed E-state index contributed by atoms with van der Waals surface area (Å²) in [7, 11) is 0. The van der Waals surface area contributed by atoms with Crippen LogP contribution in [-0.2, 0) is 18.0 Å². The first-order valence-electron chi connectivity index (χ1n) is 7.82. The van der Waals surface area contributed by atoms with E-state index in [2.05, 4.69) is 0 Å². The number of fused-ring (bicyclic) bond motifs is 2. The second-order valence-corrected chi connectivity index (χ2v) is 5.69. The van der Waals surface area contributed by atoms with Crippen molar-refractivity contribution in [2.45, 2.75) is 13.2 Å². The van der Waals surface area contributed by atoms with E-state index in [4.69, 9.17) is 13.6 Å². The molecule has 0 bridgehead atoms. The monoisotopic (exact) mass is 334 g/mol. The molecule has 0 saturated heterocycles. The Labute approximate surface area is 142 Å². The van der Waals surface area contributed by atoms with Gasteiger partial charge in [0, 0.05) is 10.8 Å². The zero-order valence-corrected chi connectivity index (χ0v) is 13.2. The molecule has 0 aliphatic rings. The average Bonchev–Trinajstić information content (AvgIpc) is 2.62. The van der Waals surface area contributed by atoms with Gasteiger partial charge in [0.05, 0.1) is 24.3 Å². The first-order valence-corrected chi connectivity index (χ1v) is 7.82. The zero-order chi connectivity index (χ0) is 17.2. The molecular weight excluding hydrogens is 320 g/mol. The van der Waals surface area contributed by atoms with Crippen LogP contribution in [0.25, 0.3) is 21.9 Å². The second kappa shape index (κ2) is 6.37. The van der Waals surface area contributed by atoms with E-state index in [-0.39, 0.29) is 13.2 Å². The molecular formula is C20H14O5. The summed E-state index contributed by atoms with van der Waals surface area (Å²) in [6, 6.07) is 18.0. The molecule has 0 aliphatic heterocycles. The van der Waals surface area contributed by atoms with Crippen molar-refractivity contribution in [2.75, 3.05) is 0 Å². The molecule has 25 heavy (non-hydrogen) atoms. The van der Waals surface area contributed by atoms with Crippen LogP contribution in [0.15, 0.2) is 79.1 Å². The van der Waals surface area contributed by atoms with E-state index in [1.807, 2.05) is 24.3 Å². The van der Waals surface area contributed by atoms with Crippen LogP contribution in [0.5, 0.6) is 0 Å². The topological polar surface area (TPSA) is 69.7 Å². The standard InChI is InChI=1S/C20H14O5/c21-19-15(9-13-5-1-3-7-17(13)24-19)11-23-12-16-10-14-6-2-4-8-18(14)25-20(16)22/h1-10H,11-12H2. The molecule has 5 heteroatoms. The molecule has 124 valence electrons. The van der Waals surface area contributed by atoms with Crippen LogP contribution in [-0.4, -0.2) is 0 Å². The van der Waals surface area contributed by atoms with Gasteiger partial charge in [-0.05, 0) is 24.3 Å². The predicted octanol–water partition coefficient (Wildman–Crippen LogP) is 3.62. The van der Waals surface area contributed by atoms with Gasteiger partial charge in [-0.1, -0.05) is 36.4 Å². The van der Waals surface area contributed by atoms with E-state index in [9.17, 15) is 9.59 Å². The summed E-state index contributed by atoms with van der Waals surface area (Å²) in [5, 5.41) is 1.65. The number of hydrogen-bond acceptors (Lipinski definition) is 5. The molecule has 0 spiro atoms. The molecule has 2 heterocycles. The summed E-state index contributed by atoms with van der Waals surface area (Å²) >= 11 is 0. The fraction of sp³-hybridized carbons (Fsp3) is 0.100. The van der Waals surface area contributed by atoms with Gasteiger partial charge in [-0.25, -0.2) is 9.59 Å². The summed E-state index contributed by atoms with van der Waals surface area (Å²) in [5.74, 6) is 0. The van der Waals surface area contributed by atoms with Crippen LogP contribution in [0.2, 0.25) is 0 Å². The maximum Gasteiger partial charge on any atom is 0.341 e. The van der Waals surface area contributed by atoms with Gasteiger partial charge in [0.1, 0.15) is 11.2 Å². The highest BCUT2D eigenvalue weighted by Gasteiger charge is 2.08. The van der Waals surface area contributed by atoms with E-state index >= 15 is 0 Å². The summed E-state index contributed by atoms with van der Waals surface area (Å²) in [6.07, 6.45) is 0. The predicted molar refractivity (Wildman–Crippen MR) is 93.5 cm³/mol. The average molecular weight is 334 g/mol. The SMILES string of the molecule is O=c1oc2ccccc2cc1COCc1cc2ccccc2oc1=O. The number of benzene rings is 2. The molecule has 2 aromatic carbocycles. The molecule has 5 nitrogen and oxygen atoms in total. The Morgan fingerprint density at radius 2 is 1.12 bits per heavy atom. The molecule has 0 radical (unpaired) electrons. The fourth-order valence-electron chi connectivity index (χ4n) is 2.68.